The minimum Gasteiger partial charge on any atom is -0.490 e. The normalized spacial score (nSPS) is 9.73. The predicted molar refractivity (Wildman–Crippen MR) is 57.9 cm³/mol. The lowest BCUT2D eigenvalue weighted by molar-refractivity contribution is -0.134. The molecule has 0 aliphatic heterocycles. The van der Waals surface area contributed by atoms with Gasteiger partial charge in [-0.2, -0.15) is 0 Å². The number of hydrogen-bond donors (Lipinski definition) is 1. The molecule has 0 bridgehead atoms. The second-order valence-electron chi connectivity index (χ2n) is 2.94. The SMILES string of the molecule is CCOc1cccc(N)c1OC(=O)CC. The second-order valence-corrected chi connectivity index (χ2v) is 2.94. The van der Waals surface area contributed by atoms with Crippen molar-refractivity contribution in [2.75, 3.05) is 12.3 Å². The summed E-state index contributed by atoms with van der Waals surface area (Å²) in [6.07, 6.45) is 0.305. The van der Waals surface area contributed by atoms with E-state index >= 15 is 0 Å². The van der Waals surface area contributed by atoms with Gasteiger partial charge in [-0.05, 0) is 19.1 Å². The molecule has 1 aromatic carbocycles. The number of benzene rings is 1. The molecule has 0 atom stereocenters. The van der Waals surface area contributed by atoms with E-state index in [2.05, 4.69) is 0 Å². The Hall–Kier alpha value is -1.71. The number of anilines is 1. The van der Waals surface area contributed by atoms with Crippen LogP contribution in [0.5, 0.6) is 11.5 Å². The maximum atomic E-state index is 11.2. The van der Waals surface area contributed by atoms with Gasteiger partial charge in [0.15, 0.2) is 11.5 Å². The monoisotopic (exact) mass is 209 g/mol. The van der Waals surface area contributed by atoms with Gasteiger partial charge >= 0.3 is 5.97 Å². The van der Waals surface area contributed by atoms with E-state index in [-0.39, 0.29) is 5.97 Å². The summed E-state index contributed by atoms with van der Waals surface area (Å²) >= 11 is 0. The van der Waals surface area contributed by atoms with Crippen LogP contribution in [0, 0.1) is 0 Å². The fourth-order valence-electron chi connectivity index (χ4n) is 1.10. The standard InChI is InChI=1S/C11H15NO3/c1-3-10(13)15-11-8(12)6-5-7-9(11)14-4-2/h5-7H,3-4,12H2,1-2H3. The predicted octanol–water partition coefficient (Wildman–Crippen LogP) is 1.98. The smallest absolute Gasteiger partial charge is 0.311 e. The van der Waals surface area contributed by atoms with Gasteiger partial charge in [-0.1, -0.05) is 13.0 Å². The average Bonchev–Trinajstić information content (AvgIpc) is 2.23. The fourth-order valence-corrected chi connectivity index (χ4v) is 1.10. The third kappa shape index (κ3) is 2.87. The van der Waals surface area contributed by atoms with E-state index in [1.165, 1.54) is 0 Å². The highest BCUT2D eigenvalue weighted by atomic mass is 16.6. The highest BCUT2D eigenvalue weighted by Crippen LogP contribution is 2.33. The quantitative estimate of drug-likeness (QED) is 0.468. The van der Waals surface area contributed by atoms with Crippen molar-refractivity contribution >= 4 is 11.7 Å². The van der Waals surface area contributed by atoms with Crippen LogP contribution in [0.1, 0.15) is 20.3 Å². The van der Waals surface area contributed by atoms with Crippen molar-refractivity contribution in [1.82, 2.24) is 0 Å². The molecule has 82 valence electrons. The number of esters is 1. The van der Waals surface area contributed by atoms with Crippen molar-refractivity contribution < 1.29 is 14.3 Å². The summed E-state index contributed by atoms with van der Waals surface area (Å²) in [7, 11) is 0. The lowest BCUT2D eigenvalue weighted by Crippen LogP contribution is -2.09. The molecule has 4 nitrogen and oxygen atoms in total. The van der Waals surface area contributed by atoms with Crippen molar-refractivity contribution in [3.8, 4) is 11.5 Å². The molecule has 0 saturated carbocycles. The Balaban J connectivity index is 2.96. The van der Waals surface area contributed by atoms with Crippen molar-refractivity contribution in [1.29, 1.82) is 0 Å². The van der Waals surface area contributed by atoms with Crippen LogP contribution >= 0.6 is 0 Å². The Labute approximate surface area is 89.0 Å². The Morgan fingerprint density at radius 3 is 2.73 bits per heavy atom. The van der Waals surface area contributed by atoms with Gasteiger partial charge in [-0.15, -0.1) is 0 Å². The van der Waals surface area contributed by atoms with Gasteiger partial charge in [-0.25, -0.2) is 0 Å². The van der Waals surface area contributed by atoms with E-state index in [4.69, 9.17) is 15.2 Å². The molecular weight excluding hydrogens is 194 g/mol. The minimum atomic E-state index is -0.325. The highest BCUT2D eigenvalue weighted by Gasteiger charge is 2.11. The molecule has 0 spiro atoms. The van der Waals surface area contributed by atoms with Crippen molar-refractivity contribution in [3.05, 3.63) is 18.2 Å². The molecule has 0 radical (unpaired) electrons. The van der Waals surface area contributed by atoms with E-state index in [9.17, 15) is 4.79 Å². The first-order valence-corrected chi connectivity index (χ1v) is 4.91. The highest BCUT2D eigenvalue weighted by molar-refractivity contribution is 5.76. The number of nitrogen functional groups attached to an aromatic ring is 1. The number of ether oxygens (including phenoxy) is 2. The maximum absolute atomic E-state index is 11.2. The summed E-state index contributed by atoms with van der Waals surface area (Å²) in [5.41, 5.74) is 6.10. The van der Waals surface area contributed by atoms with Gasteiger partial charge in [0, 0.05) is 6.42 Å². The lowest BCUT2D eigenvalue weighted by Gasteiger charge is -2.11. The number of para-hydroxylation sites is 1. The van der Waals surface area contributed by atoms with Crippen LogP contribution < -0.4 is 15.2 Å². The molecule has 0 saturated heterocycles. The third-order valence-electron chi connectivity index (χ3n) is 1.81. The van der Waals surface area contributed by atoms with Crippen LogP contribution in [-0.4, -0.2) is 12.6 Å². The van der Waals surface area contributed by atoms with E-state index in [1.807, 2.05) is 6.92 Å². The molecule has 2 N–H and O–H groups in total. The molecule has 0 aliphatic rings. The molecule has 1 rings (SSSR count). The van der Waals surface area contributed by atoms with Gasteiger partial charge < -0.3 is 15.2 Å². The van der Waals surface area contributed by atoms with Crippen LogP contribution in [0.2, 0.25) is 0 Å². The largest absolute Gasteiger partial charge is 0.490 e. The van der Waals surface area contributed by atoms with Crippen LogP contribution in [0.25, 0.3) is 0 Å². The molecule has 0 unspecified atom stereocenters. The number of hydrogen-bond acceptors (Lipinski definition) is 4. The van der Waals surface area contributed by atoms with Gasteiger partial charge in [-0.3, -0.25) is 4.79 Å². The molecule has 0 amide bonds. The van der Waals surface area contributed by atoms with Gasteiger partial charge in [0.25, 0.3) is 0 Å². The summed E-state index contributed by atoms with van der Waals surface area (Å²) < 4.78 is 10.4. The van der Waals surface area contributed by atoms with Crippen LogP contribution in [0.4, 0.5) is 5.69 Å². The zero-order chi connectivity index (χ0) is 11.3. The first kappa shape index (κ1) is 11.4. The molecule has 0 fully saturated rings. The summed E-state index contributed by atoms with van der Waals surface area (Å²) in [5.74, 6) is 0.486. The molecule has 0 heterocycles. The summed E-state index contributed by atoms with van der Waals surface area (Å²) in [6.45, 7) is 4.08. The van der Waals surface area contributed by atoms with E-state index < -0.39 is 0 Å². The topological polar surface area (TPSA) is 61.6 Å². The lowest BCUT2D eigenvalue weighted by atomic mass is 10.2. The van der Waals surface area contributed by atoms with E-state index in [0.717, 1.165) is 0 Å². The van der Waals surface area contributed by atoms with Crippen LogP contribution in [0.3, 0.4) is 0 Å². The zero-order valence-electron chi connectivity index (χ0n) is 8.95. The summed E-state index contributed by atoms with van der Waals surface area (Å²) in [4.78, 5) is 11.2. The number of carbonyl (C=O) groups excluding carboxylic acids is 1. The minimum absolute atomic E-state index is 0.305. The second kappa shape index (κ2) is 5.24. The summed E-state index contributed by atoms with van der Waals surface area (Å²) in [5, 5.41) is 0. The number of rotatable bonds is 4. The van der Waals surface area contributed by atoms with Gasteiger partial charge in [0.05, 0.1) is 12.3 Å². The third-order valence-corrected chi connectivity index (χ3v) is 1.81. The molecule has 1 aromatic rings. The van der Waals surface area contributed by atoms with E-state index in [1.54, 1.807) is 25.1 Å². The number of carbonyl (C=O) groups is 1. The van der Waals surface area contributed by atoms with Crippen molar-refractivity contribution in [3.63, 3.8) is 0 Å². The van der Waals surface area contributed by atoms with Crippen LogP contribution in [0.15, 0.2) is 18.2 Å². The van der Waals surface area contributed by atoms with E-state index in [0.29, 0.717) is 30.2 Å². The zero-order valence-corrected chi connectivity index (χ0v) is 8.95. The number of nitrogens with two attached hydrogens (primary N) is 1. The Bertz CT molecular complexity index is 350. The first-order valence-electron chi connectivity index (χ1n) is 4.91. The molecule has 4 heteroatoms. The molecule has 15 heavy (non-hydrogen) atoms. The molecule has 0 aliphatic carbocycles. The Morgan fingerprint density at radius 1 is 1.40 bits per heavy atom. The average molecular weight is 209 g/mol. The Morgan fingerprint density at radius 2 is 2.13 bits per heavy atom. The maximum Gasteiger partial charge on any atom is 0.311 e. The van der Waals surface area contributed by atoms with Crippen molar-refractivity contribution in [2.24, 2.45) is 0 Å². The molecule has 0 aromatic heterocycles. The van der Waals surface area contributed by atoms with Crippen LogP contribution in [-0.2, 0) is 4.79 Å². The van der Waals surface area contributed by atoms with Gasteiger partial charge in [0.1, 0.15) is 0 Å². The Kier molecular flexibility index (Phi) is 3.97. The van der Waals surface area contributed by atoms with Crippen molar-refractivity contribution in [2.45, 2.75) is 20.3 Å². The fraction of sp³-hybridized carbons (Fsp3) is 0.364. The molecular formula is C11H15NO3. The first-order chi connectivity index (χ1) is 7.19. The van der Waals surface area contributed by atoms with Gasteiger partial charge in [0.2, 0.25) is 0 Å². The summed E-state index contributed by atoms with van der Waals surface area (Å²) in [6, 6.07) is 5.14.